The number of amides is 1. The van der Waals surface area contributed by atoms with Crippen LogP contribution in [0.25, 0.3) is 0 Å². The van der Waals surface area contributed by atoms with Gasteiger partial charge in [0, 0.05) is 13.1 Å². The maximum absolute atomic E-state index is 10.6. The molecular weight excluding hydrogens is 120 g/mol. The quantitative estimate of drug-likeness (QED) is 0.414. The average molecular weight is 130 g/mol. The Kier molecular flexibility index (Phi) is 1.68. The number of aliphatic hydroxyl groups excluding tert-OH is 1. The molecule has 2 N–H and O–H groups in total. The minimum atomic E-state index is -0.946. The van der Waals surface area contributed by atoms with E-state index in [1.54, 1.807) is 11.9 Å². The van der Waals surface area contributed by atoms with E-state index in [-0.39, 0.29) is 5.91 Å². The smallest absolute Gasteiger partial charge is 0.264 e. The molecule has 1 heterocycles. The summed E-state index contributed by atoms with van der Waals surface area (Å²) in [4.78, 5) is 12.2. The molecule has 1 amide bonds. The number of nitrogens with zero attached hydrogens (tertiary/aromatic N) is 1. The molecule has 0 spiro atoms. The molecule has 0 saturated carbocycles. The van der Waals surface area contributed by atoms with Crippen LogP contribution < -0.4 is 5.32 Å². The monoisotopic (exact) mass is 130 g/mol. The zero-order valence-corrected chi connectivity index (χ0v) is 5.29. The summed E-state index contributed by atoms with van der Waals surface area (Å²) in [6, 6.07) is 0. The lowest BCUT2D eigenvalue weighted by Crippen LogP contribution is -2.53. The van der Waals surface area contributed by atoms with E-state index in [9.17, 15) is 4.79 Å². The number of piperazine rings is 1. The van der Waals surface area contributed by atoms with E-state index < -0.39 is 6.23 Å². The minimum Gasteiger partial charge on any atom is -0.370 e. The van der Waals surface area contributed by atoms with Gasteiger partial charge in [0.15, 0.2) is 6.23 Å². The molecule has 52 valence electrons. The van der Waals surface area contributed by atoms with Crippen molar-refractivity contribution in [2.45, 2.75) is 6.23 Å². The molecule has 0 aromatic heterocycles. The fraction of sp³-hybridized carbons (Fsp3) is 0.800. The lowest BCUT2D eigenvalue weighted by atomic mass is 10.3. The van der Waals surface area contributed by atoms with Gasteiger partial charge in [-0.3, -0.25) is 9.69 Å². The normalized spacial score (nSPS) is 30.0. The van der Waals surface area contributed by atoms with E-state index in [1.165, 1.54) is 0 Å². The fourth-order valence-electron chi connectivity index (χ4n) is 0.769. The van der Waals surface area contributed by atoms with Gasteiger partial charge in [0.2, 0.25) is 0 Å². The first-order valence-electron chi connectivity index (χ1n) is 2.88. The van der Waals surface area contributed by atoms with Gasteiger partial charge in [-0.25, -0.2) is 0 Å². The molecular formula is C5H10N2O2. The average Bonchev–Trinajstić information content (AvgIpc) is 1.83. The van der Waals surface area contributed by atoms with Crippen molar-refractivity contribution in [1.29, 1.82) is 0 Å². The molecule has 1 atom stereocenters. The highest BCUT2D eigenvalue weighted by molar-refractivity contribution is 5.80. The Hall–Kier alpha value is -0.610. The molecule has 0 aromatic rings. The van der Waals surface area contributed by atoms with Crippen molar-refractivity contribution >= 4 is 5.91 Å². The number of likely N-dealkylation sites (N-methyl/N-ethyl adjacent to an activating group) is 1. The van der Waals surface area contributed by atoms with Crippen molar-refractivity contribution in [3.8, 4) is 0 Å². The second-order valence-electron chi connectivity index (χ2n) is 2.15. The van der Waals surface area contributed by atoms with Crippen molar-refractivity contribution in [2.24, 2.45) is 0 Å². The number of nitrogens with one attached hydrogen (secondary N) is 1. The summed E-state index contributed by atoms with van der Waals surface area (Å²) < 4.78 is 0. The Morgan fingerprint density at radius 2 is 2.56 bits per heavy atom. The summed E-state index contributed by atoms with van der Waals surface area (Å²) in [5, 5.41) is 11.5. The van der Waals surface area contributed by atoms with Gasteiger partial charge in [0.25, 0.3) is 5.91 Å². The van der Waals surface area contributed by atoms with Crippen molar-refractivity contribution < 1.29 is 9.90 Å². The van der Waals surface area contributed by atoms with Gasteiger partial charge < -0.3 is 10.4 Å². The van der Waals surface area contributed by atoms with Gasteiger partial charge in [-0.05, 0) is 7.05 Å². The maximum Gasteiger partial charge on any atom is 0.264 e. The topological polar surface area (TPSA) is 52.6 Å². The van der Waals surface area contributed by atoms with E-state index >= 15 is 0 Å². The largest absolute Gasteiger partial charge is 0.370 e. The predicted molar refractivity (Wildman–Crippen MR) is 31.6 cm³/mol. The van der Waals surface area contributed by atoms with E-state index in [4.69, 9.17) is 5.11 Å². The number of hydrogen-bond acceptors (Lipinski definition) is 3. The van der Waals surface area contributed by atoms with Crippen LogP contribution in [0.2, 0.25) is 0 Å². The Labute approximate surface area is 53.5 Å². The molecule has 1 saturated heterocycles. The summed E-state index contributed by atoms with van der Waals surface area (Å²) in [5.41, 5.74) is 0. The predicted octanol–water partition coefficient (Wildman–Crippen LogP) is -1.63. The van der Waals surface area contributed by atoms with Crippen LogP contribution >= 0.6 is 0 Å². The van der Waals surface area contributed by atoms with Crippen LogP contribution in [0.1, 0.15) is 0 Å². The number of aliphatic hydroxyl groups is 1. The Morgan fingerprint density at radius 1 is 1.89 bits per heavy atom. The summed E-state index contributed by atoms with van der Waals surface area (Å²) in [6.07, 6.45) is -0.946. The number of carbonyl (C=O) groups excluding carboxylic acids is 1. The molecule has 0 aromatic carbocycles. The van der Waals surface area contributed by atoms with E-state index in [2.05, 4.69) is 5.32 Å². The van der Waals surface area contributed by atoms with Gasteiger partial charge in [-0.15, -0.1) is 0 Å². The molecule has 1 rings (SSSR count). The van der Waals surface area contributed by atoms with Crippen LogP contribution in [0, 0.1) is 0 Å². The molecule has 1 aliphatic heterocycles. The Balaban J connectivity index is 2.51. The summed E-state index contributed by atoms with van der Waals surface area (Å²) in [7, 11) is 1.71. The van der Waals surface area contributed by atoms with Crippen molar-refractivity contribution in [3.63, 3.8) is 0 Å². The number of carbonyl (C=O) groups is 1. The minimum absolute atomic E-state index is 0.302. The standard InChI is InChI=1S/C5H10N2O2/c1-7-3-2-6-4(8)5(7)9/h5,9H,2-3H2,1H3,(H,6,8). The van der Waals surface area contributed by atoms with E-state index in [0.29, 0.717) is 13.1 Å². The third-order valence-corrected chi connectivity index (χ3v) is 1.42. The molecule has 1 fully saturated rings. The first-order chi connectivity index (χ1) is 4.22. The zero-order valence-electron chi connectivity index (χ0n) is 5.29. The van der Waals surface area contributed by atoms with Crippen LogP contribution in [-0.2, 0) is 4.79 Å². The third-order valence-electron chi connectivity index (χ3n) is 1.42. The lowest BCUT2D eigenvalue weighted by Gasteiger charge is -2.27. The van der Waals surface area contributed by atoms with Crippen LogP contribution in [0.5, 0.6) is 0 Å². The lowest BCUT2D eigenvalue weighted by molar-refractivity contribution is -0.141. The van der Waals surface area contributed by atoms with Crippen LogP contribution in [0.3, 0.4) is 0 Å². The molecule has 4 heteroatoms. The molecule has 4 nitrogen and oxygen atoms in total. The highest BCUT2D eigenvalue weighted by Gasteiger charge is 2.23. The Bertz CT molecular complexity index is 126. The van der Waals surface area contributed by atoms with Gasteiger partial charge in [-0.2, -0.15) is 0 Å². The SMILES string of the molecule is CN1CCNC(=O)C1O. The van der Waals surface area contributed by atoms with E-state index in [1.807, 2.05) is 0 Å². The van der Waals surface area contributed by atoms with Gasteiger partial charge >= 0.3 is 0 Å². The number of hydrogen-bond donors (Lipinski definition) is 2. The van der Waals surface area contributed by atoms with Crippen LogP contribution in [-0.4, -0.2) is 42.3 Å². The van der Waals surface area contributed by atoms with Gasteiger partial charge in [-0.1, -0.05) is 0 Å². The second-order valence-corrected chi connectivity index (χ2v) is 2.15. The molecule has 9 heavy (non-hydrogen) atoms. The molecule has 0 aliphatic carbocycles. The van der Waals surface area contributed by atoms with Crippen LogP contribution in [0.15, 0.2) is 0 Å². The number of rotatable bonds is 0. The van der Waals surface area contributed by atoms with E-state index in [0.717, 1.165) is 0 Å². The molecule has 0 bridgehead atoms. The molecule has 1 aliphatic rings. The second kappa shape index (κ2) is 2.33. The van der Waals surface area contributed by atoms with Gasteiger partial charge in [0.05, 0.1) is 0 Å². The van der Waals surface area contributed by atoms with Crippen molar-refractivity contribution in [3.05, 3.63) is 0 Å². The Morgan fingerprint density at radius 3 is 3.00 bits per heavy atom. The van der Waals surface area contributed by atoms with Crippen molar-refractivity contribution in [2.75, 3.05) is 20.1 Å². The van der Waals surface area contributed by atoms with Crippen molar-refractivity contribution in [1.82, 2.24) is 10.2 Å². The maximum atomic E-state index is 10.6. The third kappa shape index (κ3) is 1.20. The summed E-state index contributed by atoms with van der Waals surface area (Å²) >= 11 is 0. The first-order valence-corrected chi connectivity index (χ1v) is 2.88. The highest BCUT2D eigenvalue weighted by atomic mass is 16.3. The molecule has 1 unspecified atom stereocenters. The highest BCUT2D eigenvalue weighted by Crippen LogP contribution is 1.95. The summed E-state index contributed by atoms with van der Waals surface area (Å²) in [6.45, 7) is 1.35. The first kappa shape index (κ1) is 6.51. The van der Waals surface area contributed by atoms with Crippen LogP contribution in [0.4, 0.5) is 0 Å². The van der Waals surface area contributed by atoms with Gasteiger partial charge in [0.1, 0.15) is 0 Å². The summed E-state index contributed by atoms with van der Waals surface area (Å²) in [5.74, 6) is -0.302. The fourth-order valence-corrected chi connectivity index (χ4v) is 0.769. The zero-order chi connectivity index (χ0) is 6.85. The molecule has 0 radical (unpaired) electrons.